The molecule has 260 valence electrons. The lowest BCUT2D eigenvalue weighted by molar-refractivity contribution is -0.137. The number of likely N-dealkylation sites (tertiary alicyclic amines) is 2. The maximum atomic E-state index is 14.6. The number of hydrogen-bond acceptors (Lipinski definition) is 6. The van der Waals surface area contributed by atoms with Crippen molar-refractivity contribution in [3.8, 4) is 11.6 Å². The fourth-order valence-electron chi connectivity index (χ4n) is 7.50. The summed E-state index contributed by atoms with van der Waals surface area (Å²) in [5, 5.41) is 5.79. The van der Waals surface area contributed by atoms with Crippen LogP contribution in [0.4, 0.5) is 8.78 Å². The molecule has 0 aliphatic carbocycles. The van der Waals surface area contributed by atoms with E-state index in [-0.39, 0.29) is 30.4 Å². The predicted molar refractivity (Wildman–Crippen MR) is 185 cm³/mol. The number of halogens is 2. The van der Waals surface area contributed by atoms with Gasteiger partial charge in [-0.15, -0.1) is 0 Å². The molecule has 13 heteroatoms. The summed E-state index contributed by atoms with van der Waals surface area (Å²) >= 11 is 0. The highest BCUT2D eigenvalue weighted by Crippen LogP contribution is 2.32. The van der Waals surface area contributed by atoms with Crippen molar-refractivity contribution < 1.29 is 23.2 Å². The molecule has 3 aromatic carbocycles. The number of nitrogens with one attached hydrogen (secondary N) is 2. The Balaban J connectivity index is 1.27. The number of rotatable bonds is 12. The van der Waals surface area contributed by atoms with Crippen molar-refractivity contribution in [2.75, 3.05) is 26.7 Å². The number of hydrogen-bond donors (Lipinski definition) is 2. The number of carbonyl (C=O) groups is 3. The Morgan fingerprint density at radius 3 is 2.08 bits per heavy atom. The third kappa shape index (κ3) is 6.69. The summed E-state index contributed by atoms with van der Waals surface area (Å²) in [5.41, 5.74) is 3.17. The van der Waals surface area contributed by atoms with Crippen molar-refractivity contribution in [3.63, 3.8) is 0 Å². The Labute approximate surface area is 288 Å². The molecule has 2 fully saturated rings. The lowest BCUT2D eigenvalue weighted by atomic mass is 10.0. The number of aromatic nitrogens is 4. The quantitative estimate of drug-likeness (QED) is 0.193. The van der Waals surface area contributed by atoms with Gasteiger partial charge in [-0.25, -0.2) is 18.7 Å². The van der Waals surface area contributed by atoms with E-state index in [1.54, 1.807) is 24.1 Å². The molecule has 0 radical (unpaired) electrons. The molecule has 5 aromatic rings. The largest absolute Gasteiger partial charge is 0.343 e. The van der Waals surface area contributed by atoms with Gasteiger partial charge in [0.2, 0.25) is 18.2 Å². The van der Waals surface area contributed by atoms with Crippen LogP contribution in [0.3, 0.4) is 0 Å². The molecule has 2 saturated heterocycles. The topological polar surface area (TPSA) is 117 Å². The fraction of sp³-hybridized carbons (Fsp3) is 0.378. The van der Waals surface area contributed by atoms with Crippen molar-refractivity contribution in [1.82, 2.24) is 39.5 Å². The molecule has 0 bridgehead atoms. The van der Waals surface area contributed by atoms with Crippen LogP contribution < -0.4 is 10.6 Å². The van der Waals surface area contributed by atoms with Gasteiger partial charge in [0.25, 0.3) is 0 Å². The van der Waals surface area contributed by atoms with Crippen LogP contribution in [0, 0.1) is 11.6 Å². The standard InChI is InChI=1S/C37H40F2N8O3/c1-40-20-34(49)41-31(17-24-7-3-2-4-8-24)37(50)45-16-6-10-28(45)22-47-33-14-12-26(39)19-30(33)43-36(47)35-42-29-18-25(38)11-13-32(29)46(35)21-27-9-5-15-44(27)23-48/h2-4,7-8,11-14,18-19,23,27-28,31,40H,5-6,9-10,15-17,20-22H2,1H3,(H,41,49). The summed E-state index contributed by atoms with van der Waals surface area (Å²) in [7, 11) is 1.68. The molecule has 11 nitrogen and oxygen atoms in total. The van der Waals surface area contributed by atoms with E-state index < -0.39 is 17.7 Å². The van der Waals surface area contributed by atoms with Crippen LogP contribution >= 0.6 is 0 Å². The van der Waals surface area contributed by atoms with Gasteiger partial charge in [0.15, 0.2) is 11.6 Å². The predicted octanol–water partition coefficient (Wildman–Crippen LogP) is 3.89. The minimum absolute atomic E-state index is 0.0772. The van der Waals surface area contributed by atoms with Gasteiger partial charge in [-0.1, -0.05) is 30.3 Å². The SMILES string of the molecule is CNCC(=O)NC(Cc1ccccc1)C(=O)N1CCCC1Cn1c(-c2nc3cc(F)ccc3n2CC2CCCN2C=O)nc2cc(F)ccc21. The highest BCUT2D eigenvalue weighted by atomic mass is 19.1. The average Bonchev–Trinajstić information content (AvgIpc) is 3.91. The van der Waals surface area contributed by atoms with E-state index >= 15 is 0 Å². The van der Waals surface area contributed by atoms with Gasteiger partial charge in [-0.3, -0.25) is 14.4 Å². The molecule has 4 heterocycles. The minimum Gasteiger partial charge on any atom is -0.343 e. The zero-order valence-corrected chi connectivity index (χ0v) is 27.9. The number of imidazole rings is 2. The van der Waals surface area contributed by atoms with E-state index in [0.717, 1.165) is 31.2 Å². The molecular weight excluding hydrogens is 642 g/mol. The summed E-state index contributed by atoms with van der Waals surface area (Å²) in [4.78, 5) is 52.3. The first-order chi connectivity index (χ1) is 24.3. The van der Waals surface area contributed by atoms with E-state index in [1.807, 2.05) is 44.4 Å². The van der Waals surface area contributed by atoms with Crippen LogP contribution in [-0.2, 0) is 33.9 Å². The first-order valence-electron chi connectivity index (χ1n) is 17.1. The smallest absolute Gasteiger partial charge is 0.245 e. The summed E-state index contributed by atoms with van der Waals surface area (Å²) in [5.74, 6) is -0.372. The first kappa shape index (κ1) is 33.3. The van der Waals surface area contributed by atoms with E-state index in [0.29, 0.717) is 72.7 Å². The second kappa shape index (κ2) is 14.4. The van der Waals surface area contributed by atoms with Crippen molar-refractivity contribution in [1.29, 1.82) is 0 Å². The fourth-order valence-corrected chi connectivity index (χ4v) is 7.50. The molecule has 3 unspecified atom stereocenters. The third-order valence-electron chi connectivity index (χ3n) is 9.88. The van der Waals surface area contributed by atoms with Gasteiger partial charge >= 0.3 is 0 Å². The Morgan fingerprint density at radius 2 is 1.46 bits per heavy atom. The Hall–Kier alpha value is -5.17. The summed E-state index contributed by atoms with van der Waals surface area (Å²) in [6, 6.07) is 17.4. The average molecular weight is 683 g/mol. The van der Waals surface area contributed by atoms with Crippen molar-refractivity contribution in [2.24, 2.45) is 0 Å². The highest BCUT2D eigenvalue weighted by molar-refractivity contribution is 5.89. The number of carbonyl (C=O) groups excluding carboxylic acids is 3. The summed E-state index contributed by atoms with van der Waals surface area (Å²) < 4.78 is 33.0. The van der Waals surface area contributed by atoms with Crippen LogP contribution in [0.15, 0.2) is 66.7 Å². The first-order valence-corrected chi connectivity index (χ1v) is 17.1. The van der Waals surface area contributed by atoms with Gasteiger partial charge < -0.3 is 29.6 Å². The summed E-state index contributed by atoms with van der Waals surface area (Å²) in [6.07, 6.45) is 4.39. The Bertz CT molecular complexity index is 2030. The molecule has 3 amide bonds. The number of benzene rings is 3. The normalized spacial score (nSPS) is 18.3. The second-order valence-corrected chi connectivity index (χ2v) is 13.2. The molecular formula is C37H40F2N8O3. The van der Waals surface area contributed by atoms with Gasteiger partial charge in [0, 0.05) is 56.8 Å². The third-order valence-corrected chi connectivity index (χ3v) is 9.88. The van der Waals surface area contributed by atoms with Crippen LogP contribution in [0.5, 0.6) is 0 Å². The Kier molecular flexibility index (Phi) is 9.57. The number of amides is 3. The zero-order chi connectivity index (χ0) is 34.8. The van der Waals surface area contributed by atoms with Gasteiger partial charge in [0.05, 0.1) is 28.6 Å². The molecule has 3 atom stereocenters. The number of likely N-dealkylation sites (N-methyl/N-ethyl adjacent to an activating group) is 1. The Morgan fingerprint density at radius 1 is 0.860 bits per heavy atom. The molecule has 0 saturated carbocycles. The van der Waals surface area contributed by atoms with Crippen molar-refractivity contribution in [3.05, 3.63) is 83.9 Å². The minimum atomic E-state index is -0.766. The highest BCUT2D eigenvalue weighted by Gasteiger charge is 2.36. The molecule has 0 spiro atoms. The maximum absolute atomic E-state index is 14.6. The monoisotopic (exact) mass is 682 g/mol. The molecule has 2 aliphatic rings. The molecule has 7 rings (SSSR count). The second-order valence-electron chi connectivity index (χ2n) is 13.2. The molecule has 2 aliphatic heterocycles. The zero-order valence-electron chi connectivity index (χ0n) is 27.9. The maximum Gasteiger partial charge on any atom is 0.245 e. The van der Waals surface area contributed by atoms with Gasteiger partial charge in [-0.05, 0) is 62.6 Å². The molecule has 2 aromatic heterocycles. The van der Waals surface area contributed by atoms with Crippen LogP contribution in [0.25, 0.3) is 33.7 Å². The lowest BCUT2D eigenvalue weighted by Gasteiger charge is -2.30. The molecule has 2 N–H and O–H groups in total. The van der Waals surface area contributed by atoms with Crippen LogP contribution in [-0.4, -0.2) is 91.9 Å². The lowest BCUT2D eigenvalue weighted by Crippen LogP contribution is -2.53. The number of nitrogens with zero attached hydrogens (tertiary/aromatic N) is 6. The number of fused-ring (bicyclic) bond motifs is 2. The van der Waals surface area contributed by atoms with Crippen molar-refractivity contribution >= 4 is 40.3 Å². The van der Waals surface area contributed by atoms with Crippen LogP contribution in [0.1, 0.15) is 31.2 Å². The van der Waals surface area contributed by atoms with Gasteiger partial charge in [0.1, 0.15) is 17.7 Å². The van der Waals surface area contributed by atoms with E-state index in [2.05, 4.69) is 10.6 Å². The van der Waals surface area contributed by atoms with Crippen LogP contribution in [0.2, 0.25) is 0 Å². The molecule has 50 heavy (non-hydrogen) atoms. The van der Waals surface area contributed by atoms with E-state index in [1.165, 1.54) is 24.3 Å². The summed E-state index contributed by atoms with van der Waals surface area (Å²) in [6.45, 7) is 2.03. The van der Waals surface area contributed by atoms with Gasteiger partial charge in [-0.2, -0.15) is 0 Å². The van der Waals surface area contributed by atoms with E-state index in [4.69, 9.17) is 9.97 Å². The van der Waals surface area contributed by atoms with Crippen molar-refractivity contribution in [2.45, 2.75) is 63.3 Å². The van der Waals surface area contributed by atoms with E-state index in [9.17, 15) is 23.2 Å².